The van der Waals surface area contributed by atoms with E-state index >= 15 is 0 Å². The number of benzene rings is 3. The van der Waals surface area contributed by atoms with Crippen LogP contribution in [0.4, 0.5) is 11.6 Å². The van der Waals surface area contributed by atoms with E-state index < -0.39 is 6.04 Å². The van der Waals surface area contributed by atoms with E-state index in [0.717, 1.165) is 22.4 Å². The van der Waals surface area contributed by atoms with Gasteiger partial charge in [0.25, 0.3) is 5.91 Å². The van der Waals surface area contributed by atoms with Crippen LogP contribution in [-0.4, -0.2) is 27.8 Å². The number of amides is 1. The van der Waals surface area contributed by atoms with Gasteiger partial charge < -0.3 is 20.1 Å². The fraction of sp³-hybridized carbons (Fsp3) is 0.179. The minimum atomic E-state index is -0.529. The Labute approximate surface area is 219 Å². The van der Waals surface area contributed by atoms with Gasteiger partial charge in [0.15, 0.2) is 11.5 Å². The number of anilines is 2. The molecule has 1 unspecified atom stereocenters. The molecule has 2 N–H and O–H groups in total. The van der Waals surface area contributed by atoms with Crippen molar-refractivity contribution in [1.29, 1.82) is 0 Å². The Hall–Kier alpha value is -4.30. The average Bonchev–Trinajstić information content (AvgIpc) is 3.36. The van der Waals surface area contributed by atoms with Gasteiger partial charge in [-0.3, -0.25) is 4.79 Å². The van der Waals surface area contributed by atoms with Crippen LogP contribution in [0.1, 0.15) is 29.7 Å². The first-order valence-electron chi connectivity index (χ1n) is 11.7. The Kier molecular flexibility index (Phi) is 6.83. The van der Waals surface area contributed by atoms with Gasteiger partial charge in [-0.1, -0.05) is 48.0 Å². The molecule has 9 heteroatoms. The first kappa shape index (κ1) is 24.4. The molecule has 37 heavy (non-hydrogen) atoms. The van der Waals surface area contributed by atoms with Crippen molar-refractivity contribution in [2.24, 2.45) is 0 Å². The van der Waals surface area contributed by atoms with E-state index in [1.54, 1.807) is 11.8 Å². The second kappa shape index (κ2) is 10.4. The van der Waals surface area contributed by atoms with Gasteiger partial charge in [-0.15, -0.1) is 0 Å². The second-order valence-electron chi connectivity index (χ2n) is 8.69. The molecule has 188 valence electrons. The summed E-state index contributed by atoms with van der Waals surface area (Å²) in [6.07, 6.45) is 1.46. The maximum Gasteiger partial charge on any atom is 0.255 e. The lowest BCUT2D eigenvalue weighted by molar-refractivity contribution is -0.113. The number of fused-ring (bicyclic) bond motifs is 1. The largest absolute Gasteiger partial charge is 0.493 e. The van der Waals surface area contributed by atoms with Crippen molar-refractivity contribution in [2.75, 3.05) is 17.7 Å². The molecule has 0 saturated carbocycles. The zero-order valence-electron chi connectivity index (χ0n) is 20.7. The highest BCUT2D eigenvalue weighted by atomic mass is 35.5. The number of methoxy groups -OCH3 is 1. The number of carbonyl (C=O) groups is 1. The zero-order chi connectivity index (χ0) is 25.9. The Morgan fingerprint density at radius 3 is 2.70 bits per heavy atom. The van der Waals surface area contributed by atoms with Crippen LogP contribution in [0, 0.1) is 6.92 Å². The third kappa shape index (κ3) is 5.01. The highest BCUT2D eigenvalue weighted by Gasteiger charge is 2.34. The number of halogens is 1. The molecule has 3 aromatic carbocycles. The van der Waals surface area contributed by atoms with Crippen LogP contribution in [0.25, 0.3) is 0 Å². The molecule has 0 saturated heterocycles. The number of hydrogen-bond acceptors (Lipinski definition) is 6. The number of aryl methyl sites for hydroxylation is 1. The van der Waals surface area contributed by atoms with E-state index in [9.17, 15) is 4.79 Å². The van der Waals surface area contributed by atoms with Crippen molar-refractivity contribution in [3.8, 4) is 11.5 Å². The number of ether oxygens (including phenoxy) is 2. The molecule has 0 aliphatic carbocycles. The van der Waals surface area contributed by atoms with Crippen LogP contribution in [0.3, 0.4) is 0 Å². The second-order valence-corrected chi connectivity index (χ2v) is 9.13. The van der Waals surface area contributed by atoms with E-state index in [1.165, 1.54) is 6.33 Å². The van der Waals surface area contributed by atoms with E-state index in [1.807, 2.05) is 80.6 Å². The molecule has 1 atom stereocenters. The summed E-state index contributed by atoms with van der Waals surface area (Å²) in [5.41, 5.74) is 4.68. The van der Waals surface area contributed by atoms with Crippen LogP contribution < -0.4 is 20.1 Å². The van der Waals surface area contributed by atoms with Gasteiger partial charge in [-0.05, 0) is 60.9 Å². The highest BCUT2D eigenvalue weighted by Crippen LogP contribution is 2.39. The number of nitrogens with one attached hydrogen (secondary N) is 2. The van der Waals surface area contributed by atoms with Gasteiger partial charge in [0.05, 0.1) is 12.7 Å². The van der Waals surface area contributed by atoms with E-state index in [-0.39, 0.29) is 5.91 Å². The lowest BCUT2D eigenvalue weighted by atomic mass is 9.94. The van der Waals surface area contributed by atoms with E-state index in [4.69, 9.17) is 21.1 Å². The fourth-order valence-corrected chi connectivity index (χ4v) is 4.57. The molecule has 0 spiro atoms. The quantitative estimate of drug-likeness (QED) is 0.325. The number of allylic oxidation sites excluding steroid dienone is 1. The number of rotatable bonds is 7. The first-order valence-corrected chi connectivity index (χ1v) is 12.1. The highest BCUT2D eigenvalue weighted by molar-refractivity contribution is 6.30. The Morgan fingerprint density at radius 2 is 1.92 bits per heavy atom. The Balaban J connectivity index is 1.48. The zero-order valence-corrected chi connectivity index (χ0v) is 21.4. The summed E-state index contributed by atoms with van der Waals surface area (Å²) in [5, 5.41) is 11.3. The summed E-state index contributed by atoms with van der Waals surface area (Å²) in [7, 11) is 1.58. The van der Waals surface area contributed by atoms with Gasteiger partial charge in [-0.25, -0.2) is 4.68 Å². The third-order valence-electron chi connectivity index (χ3n) is 6.22. The normalized spacial score (nSPS) is 14.5. The molecule has 4 aromatic rings. The summed E-state index contributed by atoms with van der Waals surface area (Å²) in [4.78, 5) is 17.9. The molecule has 5 rings (SSSR count). The minimum Gasteiger partial charge on any atom is -0.493 e. The molecule has 1 aromatic heterocycles. The van der Waals surface area contributed by atoms with Crippen molar-refractivity contribution in [3.05, 3.63) is 106 Å². The predicted molar refractivity (Wildman–Crippen MR) is 143 cm³/mol. The number of carbonyl (C=O) groups excluding carboxylic acids is 1. The predicted octanol–water partition coefficient (Wildman–Crippen LogP) is 5.76. The van der Waals surface area contributed by atoms with Crippen molar-refractivity contribution >= 4 is 29.1 Å². The Morgan fingerprint density at radius 1 is 1.08 bits per heavy atom. The number of hydrogen-bond donors (Lipinski definition) is 2. The van der Waals surface area contributed by atoms with E-state index in [2.05, 4.69) is 20.7 Å². The molecule has 0 bridgehead atoms. The SMILES string of the molecule is COc1cc(C2C(C(=O)Nc3ccccc3C)=C(C)Nc3ncnn32)ccc1OCc1cccc(Cl)c1. The van der Waals surface area contributed by atoms with Crippen molar-refractivity contribution in [1.82, 2.24) is 14.8 Å². The molecule has 0 radical (unpaired) electrons. The molecule has 0 fully saturated rings. The summed E-state index contributed by atoms with van der Waals surface area (Å²) in [5.74, 6) is 1.43. The topological polar surface area (TPSA) is 90.3 Å². The smallest absolute Gasteiger partial charge is 0.255 e. The van der Waals surface area contributed by atoms with E-state index in [0.29, 0.717) is 40.3 Å². The van der Waals surface area contributed by atoms with Crippen LogP contribution in [-0.2, 0) is 11.4 Å². The molecule has 2 heterocycles. The summed E-state index contributed by atoms with van der Waals surface area (Å²) >= 11 is 6.10. The van der Waals surface area contributed by atoms with Gasteiger partial charge in [0, 0.05) is 16.4 Å². The average molecular weight is 516 g/mol. The first-order chi connectivity index (χ1) is 17.9. The minimum absolute atomic E-state index is 0.231. The molecule has 8 nitrogen and oxygen atoms in total. The molecular formula is C28H26ClN5O3. The third-order valence-corrected chi connectivity index (χ3v) is 6.45. The molecule has 1 amide bonds. The van der Waals surface area contributed by atoms with Gasteiger partial charge in [0.1, 0.15) is 19.0 Å². The fourth-order valence-electron chi connectivity index (χ4n) is 4.36. The number of para-hydroxylation sites is 1. The number of nitrogens with zero attached hydrogens (tertiary/aromatic N) is 3. The summed E-state index contributed by atoms with van der Waals surface area (Å²) in [6.45, 7) is 4.15. The van der Waals surface area contributed by atoms with Crippen molar-refractivity contribution in [3.63, 3.8) is 0 Å². The lowest BCUT2D eigenvalue weighted by Crippen LogP contribution is -2.31. The van der Waals surface area contributed by atoms with Crippen LogP contribution in [0.15, 0.2) is 84.3 Å². The Bertz CT molecular complexity index is 1500. The van der Waals surface area contributed by atoms with Gasteiger partial charge >= 0.3 is 0 Å². The standard InChI is InChI=1S/C28H26ClN5O3/c1-17-7-4-5-10-22(17)33-27(35)25-18(2)32-28-30-16-31-34(28)26(25)20-11-12-23(24(14-20)36-3)37-15-19-8-6-9-21(29)13-19/h4-14,16,26H,15H2,1-3H3,(H,33,35)(H,30,31,32). The lowest BCUT2D eigenvalue weighted by Gasteiger charge is -2.29. The van der Waals surface area contributed by atoms with Crippen LogP contribution >= 0.6 is 11.6 Å². The summed E-state index contributed by atoms with van der Waals surface area (Å²) < 4.78 is 13.4. The molecular weight excluding hydrogens is 490 g/mol. The molecule has 1 aliphatic heterocycles. The van der Waals surface area contributed by atoms with Gasteiger partial charge in [0.2, 0.25) is 5.95 Å². The number of aromatic nitrogens is 3. The van der Waals surface area contributed by atoms with Gasteiger partial charge in [-0.2, -0.15) is 10.1 Å². The summed E-state index contributed by atoms with van der Waals surface area (Å²) in [6, 6.07) is 20.2. The maximum atomic E-state index is 13.6. The van der Waals surface area contributed by atoms with Crippen LogP contribution in [0.5, 0.6) is 11.5 Å². The monoisotopic (exact) mass is 515 g/mol. The van der Waals surface area contributed by atoms with Crippen molar-refractivity contribution in [2.45, 2.75) is 26.5 Å². The van der Waals surface area contributed by atoms with Crippen LogP contribution in [0.2, 0.25) is 5.02 Å². The van der Waals surface area contributed by atoms with Crippen molar-refractivity contribution < 1.29 is 14.3 Å². The molecule has 1 aliphatic rings. The maximum absolute atomic E-state index is 13.6.